The Balaban J connectivity index is 2.24. The van der Waals surface area contributed by atoms with Gasteiger partial charge >= 0.3 is 0 Å². The average molecular weight is 354 g/mol. The lowest BCUT2D eigenvalue weighted by Crippen LogP contribution is -2.15. The average Bonchev–Trinajstić information content (AvgIpc) is 2.40. The highest BCUT2D eigenvalue weighted by atomic mass is 79.9. The lowest BCUT2D eigenvalue weighted by Gasteiger charge is -2.08. The molecule has 1 aromatic heterocycles. The van der Waals surface area contributed by atoms with Crippen LogP contribution in [0.3, 0.4) is 0 Å². The lowest BCUT2D eigenvalue weighted by atomic mass is 10.1. The lowest BCUT2D eigenvalue weighted by molar-refractivity contribution is 0.102. The number of nitrogens with two attached hydrogens (primary N) is 1. The summed E-state index contributed by atoms with van der Waals surface area (Å²) in [5, 5.41) is 2.63. The van der Waals surface area contributed by atoms with Gasteiger partial charge in [0.2, 0.25) is 0 Å². The van der Waals surface area contributed by atoms with E-state index in [-0.39, 0.29) is 16.5 Å². The van der Waals surface area contributed by atoms with Crippen molar-refractivity contribution in [3.05, 3.63) is 58.1 Å². The van der Waals surface area contributed by atoms with Gasteiger partial charge in [-0.05, 0) is 40.2 Å². The number of halogens is 2. The van der Waals surface area contributed by atoms with Crippen LogP contribution in [0.1, 0.15) is 15.9 Å². The minimum absolute atomic E-state index is 0.0669. The van der Waals surface area contributed by atoms with Crippen LogP contribution in [-0.2, 0) is 0 Å². The van der Waals surface area contributed by atoms with Crippen molar-refractivity contribution in [2.75, 3.05) is 5.32 Å². The maximum atomic E-state index is 13.4. The van der Waals surface area contributed by atoms with E-state index in [2.05, 4.69) is 26.2 Å². The summed E-state index contributed by atoms with van der Waals surface area (Å²) in [6, 6.07) is 5.64. The predicted octanol–water partition coefficient (Wildman–Crippen LogP) is 2.87. The van der Waals surface area contributed by atoms with Crippen LogP contribution in [-0.4, -0.2) is 15.9 Å². The molecule has 0 fully saturated rings. The van der Waals surface area contributed by atoms with Crippen LogP contribution >= 0.6 is 28.1 Å². The fourth-order valence-electron chi connectivity index (χ4n) is 1.53. The van der Waals surface area contributed by atoms with Crippen molar-refractivity contribution in [3.63, 3.8) is 0 Å². The maximum Gasteiger partial charge on any atom is 0.257 e. The monoisotopic (exact) mass is 353 g/mol. The van der Waals surface area contributed by atoms with Gasteiger partial charge in [-0.15, -0.1) is 0 Å². The van der Waals surface area contributed by atoms with Gasteiger partial charge in [-0.25, -0.2) is 4.39 Å². The van der Waals surface area contributed by atoms with E-state index in [4.69, 9.17) is 18.0 Å². The van der Waals surface area contributed by atoms with Crippen molar-refractivity contribution in [2.45, 2.75) is 0 Å². The number of carbonyl (C=O) groups is 1. The minimum atomic E-state index is -0.528. The first-order valence-electron chi connectivity index (χ1n) is 5.48. The van der Waals surface area contributed by atoms with Crippen LogP contribution in [0.25, 0.3) is 0 Å². The van der Waals surface area contributed by atoms with E-state index in [0.29, 0.717) is 15.7 Å². The fourth-order valence-corrected chi connectivity index (χ4v) is 2.05. The molecule has 0 radical (unpaired) electrons. The SMILES string of the molecule is NC(=S)c1cc(NC(=O)c2cncc(Br)c2)ccc1F. The molecule has 7 heteroatoms. The van der Waals surface area contributed by atoms with Crippen LogP contribution in [0.5, 0.6) is 0 Å². The summed E-state index contributed by atoms with van der Waals surface area (Å²) in [4.78, 5) is 15.8. The Hall–Kier alpha value is -1.86. The third kappa shape index (κ3) is 3.37. The molecule has 0 bridgehead atoms. The first-order valence-corrected chi connectivity index (χ1v) is 6.69. The number of nitrogens with one attached hydrogen (secondary N) is 1. The molecule has 0 saturated heterocycles. The van der Waals surface area contributed by atoms with Crippen molar-refractivity contribution in [2.24, 2.45) is 5.73 Å². The molecular formula is C13H9BrFN3OS. The highest BCUT2D eigenvalue weighted by molar-refractivity contribution is 9.10. The van der Waals surface area contributed by atoms with Crippen LogP contribution < -0.4 is 11.1 Å². The van der Waals surface area contributed by atoms with Gasteiger partial charge in [0, 0.05) is 28.1 Å². The van der Waals surface area contributed by atoms with Gasteiger partial charge in [-0.3, -0.25) is 9.78 Å². The molecule has 4 nitrogen and oxygen atoms in total. The van der Waals surface area contributed by atoms with Crippen LogP contribution in [0.2, 0.25) is 0 Å². The second kappa shape index (κ2) is 6.06. The van der Waals surface area contributed by atoms with Gasteiger partial charge in [0.05, 0.1) is 5.56 Å². The normalized spacial score (nSPS) is 10.1. The highest BCUT2D eigenvalue weighted by Crippen LogP contribution is 2.16. The summed E-state index contributed by atoms with van der Waals surface area (Å²) < 4.78 is 14.1. The molecule has 1 aromatic carbocycles. The van der Waals surface area contributed by atoms with Crippen molar-refractivity contribution in [1.29, 1.82) is 0 Å². The Morgan fingerprint density at radius 3 is 2.75 bits per heavy atom. The summed E-state index contributed by atoms with van der Waals surface area (Å²) in [5.41, 5.74) is 6.27. The number of thiocarbonyl (C=S) groups is 1. The molecule has 1 amide bonds. The molecule has 20 heavy (non-hydrogen) atoms. The summed E-state index contributed by atoms with van der Waals surface area (Å²) in [6.45, 7) is 0. The van der Waals surface area contributed by atoms with Gasteiger partial charge in [0.15, 0.2) is 0 Å². The highest BCUT2D eigenvalue weighted by Gasteiger charge is 2.10. The quantitative estimate of drug-likeness (QED) is 0.832. The molecule has 0 saturated carbocycles. The molecule has 0 unspecified atom stereocenters. The fraction of sp³-hybridized carbons (Fsp3) is 0. The number of nitrogens with zero attached hydrogens (tertiary/aromatic N) is 1. The molecule has 2 aromatic rings. The summed E-state index contributed by atoms with van der Waals surface area (Å²) in [6.07, 6.45) is 3.00. The molecule has 3 N–H and O–H groups in total. The largest absolute Gasteiger partial charge is 0.389 e. The Morgan fingerprint density at radius 1 is 1.35 bits per heavy atom. The predicted molar refractivity (Wildman–Crippen MR) is 82.2 cm³/mol. The smallest absolute Gasteiger partial charge is 0.257 e. The minimum Gasteiger partial charge on any atom is -0.389 e. The zero-order chi connectivity index (χ0) is 14.7. The first kappa shape index (κ1) is 14.5. The summed E-state index contributed by atoms with van der Waals surface area (Å²) in [5.74, 6) is -0.890. The van der Waals surface area contributed by atoms with Gasteiger partial charge in [0.25, 0.3) is 5.91 Å². The number of benzene rings is 1. The number of amides is 1. The Kier molecular flexibility index (Phi) is 4.41. The van der Waals surface area contributed by atoms with E-state index in [1.54, 1.807) is 12.3 Å². The standard InChI is InChI=1S/C13H9BrFN3OS/c14-8-3-7(5-17-6-8)13(19)18-9-1-2-11(15)10(4-9)12(16)20/h1-6H,(H2,16,20)(H,18,19). The van der Waals surface area contributed by atoms with E-state index < -0.39 is 5.82 Å². The number of pyridine rings is 1. The van der Waals surface area contributed by atoms with Crippen LogP contribution in [0.4, 0.5) is 10.1 Å². The molecule has 0 aliphatic rings. The Labute approximate surface area is 128 Å². The zero-order valence-corrected chi connectivity index (χ0v) is 12.5. The molecule has 102 valence electrons. The Bertz CT molecular complexity index is 693. The molecule has 2 rings (SSSR count). The topological polar surface area (TPSA) is 68.0 Å². The number of carbonyl (C=O) groups excluding carboxylic acids is 1. The van der Waals surface area contributed by atoms with Gasteiger partial charge in [-0.2, -0.15) is 0 Å². The first-order chi connectivity index (χ1) is 9.47. The van der Waals surface area contributed by atoms with Crippen molar-refractivity contribution in [3.8, 4) is 0 Å². The maximum absolute atomic E-state index is 13.4. The van der Waals surface area contributed by atoms with E-state index in [1.165, 1.54) is 24.4 Å². The third-order valence-electron chi connectivity index (χ3n) is 2.46. The molecule has 0 atom stereocenters. The molecular weight excluding hydrogens is 345 g/mol. The summed E-state index contributed by atoms with van der Waals surface area (Å²) >= 11 is 7.97. The van der Waals surface area contributed by atoms with E-state index in [0.717, 1.165) is 0 Å². The second-order valence-electron chi connectivity index (χ2n) is 3.90. The molecule has 0 spiro atoms. The van der Waals surface area contributed by atoms with E-state index in [9.17, 15) is 9.18 Å². The van der Waals surface area contributed by atoms with Crippen molar-refractivity contribution >= 4 is 44.7 Å². The van der Waals surface area contributed by atoms with E-state index in [1.807, 2.05) is 0 Å². The molecule has 1 heterocycles. The van der Waals surface area contributed by atoms with Crippen molar-refractivity contribution in [1.82, 2.24) is 4.98 Å². The van der Waals surface area contributed by atoms with Gasteiger partial charge in [0.1, 0.15) is 10.8 Å². The molecule has 0 aliphatic heterocycles. The number of aromatic nitrogens is 1. The zero-order valence-electron chi connectivity index (χ0n) is 10.1. The Morgan fingerprint density at radius 2 is 2.10 bits per heavy atom. The second-order valence-corrected chi connectivity index (χ2v) is 5.26. The number of hydrogen-bond acceptors (Lipinski definition) is 3. The number of anilines is 1. The summed E-state index contributed by atoms with van der Waals surface area (Å²) in [7, 11) is 0. The molecule has 0 aliphatic carbocycles. The van der Waals surface area contributed by atoms with Crippen LogP contribution in [0.15, 0.2) is 41.1 Å². The van der Waals surface area contributed by atoms with Gasteiger partial charge < -0.3 is 11.1 Å². The van der Waals surface area contributed by atoms with Crippen molar-refractivity contribution < 1.29 is 9.18 Å². The third-order valence-corrected chi connectivity index (χ3v) is 3.11. The van der Waals surface area contributed by atoms with Gasteiger partial charge in [-0.1, -0.05) is 12.2 Å². The number of hydrogen-bond donors (Lipinski definition) is 2. The number of rotatable bonds is 3. The van der Waals surface area contributed by atoms with Crippen LogP contribution in [0, 0.1) is 5.82 Å². The van der Waals surface area contributed by atoms with E-state index >= 15 is 0 Å².